The van der Waals surface area contributed by atoms with Gasteiger partial charge in [-0.05, 0) is 37.0 Å². The van der Waals surface area contributed by atoms with E-state index in [1.165, 1.54) is 0 Å². The third kappa shape index (κ3) is 3.62. The van der Waals surface area contributed by atoms with E-state index < -0.39 is 6.10 Å². The highest BCUT2D eigenvalue weighted by Gasteiger charge is 2.18. The molecular formula is C14H23NO3. The summed E-state index contributed by atoms with van der Waals surface area (Å²) in [5.41, 5.74) is 6.54. The van der Waals surface area contributed by atoms with Crippen LogP contribution in [0, 0.1) is 0 Å². The van der Waals surface area contributed by atoms with Crippen molar-refractivity contribution >= 4 is 0 Å². The summed E-state index contributed by atoms with van der Waals surface area (Å²) < 4.78 is 10.6. The second-order valence-electron chi connectivity index (χ2n) is 4.34. The van der Waals surface area contributed by atoms with E-state index in [1.54, 1.807) is 14.2 Å². The van der Waals surface area contributed by atoms with Crippen molar-refractivity contribution in [3.63, 3.8) is 0 Å². The van der Waals surface area contributed by atoms with Gasteiger partial charge in [-0.1, -0.05) is 6.92 Å². The van der Waals surface area contributed by atoms with Gasteiger partial charge in [0.05, 0.1) is 20.3 Å². The summed E-state index contributed by atoms with van der Waals surface area (Å²) in [6, 6.07) is 5.73. The summed E-state index contributed by atoms with van der Waals surface area (Å²) in [5.74, 6) is 1.84. The Morgan fingerprint density at radius 3 is 2.50 bits per heavy atom. The van der Waals surface area contributed by atoms with E-state index in [1.807, 2.05) is 18.2 Å². The Balaban J connectivity index is 3.01. The van der Waals surface area contributed by atoms with Crippen LogP contribution in [-0.4, -0.2) is 32.0 Å². The highest BCUT2D eigenvalue weighted by atomic mass is 16.5. The van der Waals surface area contributed by atoms with Gasteiger partial charge in [-0.25, -0.2) is 0 Å². The van der Waals surface area contributed by atoms with Gasteiger partial charge in [0.25, 0.3) is 0 Å². The minimum absolute atomic E-state index is 0.216. The average molecular weight is 253 g/mol. The van der Waals surface area contributed by atoms with Gasteiger partial charge in [0.15, 0.2) is 0 Å². The minimum Gasteiger partial charge on any atom is -0.497 e. The van der Waals surface area contributed by atoms with Crippen LogP contribution in [0.3, 0.4) is 0 Å². The molecule has 1 rings (SSSR count). The predicted molar refractivity (Wildman–Crippen MR) is 72.3 cm³/mol. The van der Waals surface area contributed by atoms with Gasteiger partial charge in [0.2, 0.25) is 0 Å². The zero-order valence-corrected chi connectivity index (χ0v) is 11.3. The van der Waals surface area contributed by atoms with Gasteiger partial charge in [-0.2, -0.15) is 0 Å². The number of nitrogens with two attached hydrogens (primary N) is 1. The van der Waals surface area contributed by atoms with Crippen molar-refractivity contribution in [1.82, 2.24) is 0 Å². The van der Waals surface area contributed by atoms with Gasteiger partial charge in [-0.15, -0.1) is 0 Å². The van der Waals surface area contributed by atoms with Crippen LogP contribution in [0.4, 0.5) is 0 Å². The SMILES string of the molecule is CCC(CC(O)CN)c1cc(OC)ccc1OC. The Kier molecular flexibility index (Phi) is 5.95. The maximum absolute atomic E-state index is 9.71. The summed E-state index contributed by atoms with van der Waals surface area (Å²) in [6.07, 6.45) is 1.07. The lowest BCUT2D eigenvalue weighted by atomic mass is 9.90. The summed E-state index contributed by atoms with van der Waals surface area (Å²) in [5, 5.41) is 9.71. The molecule has 0 bridgehead atoms. The van der Waals surface area contributed by atoms with E-state index in [2.05, 4.69) is 6.92 Å². The molecule has 3 N–H and O–H groups in total. The molecule has 2 unspecified atom stereocenters. The van der Waals surface area contributed by atoms with Crippen molar-refractivity contribution < 1.29 is 14.6 Å². The largest absolute Gasteiger partial charge is 0.497 e. The standard InChI is InChI=1S/C14H23NO3/c1-4-10(7-11(16)9-15)13-8-12(17-2)5-6-14(13)18-3/h5-6,8,10-11,16H,4,7,9,15H2,1-3H3. The number of benzene rings is 1. The molecule has 2 atom stereocenters. The first-order valence-electron chi connectivity index (χ1n) is 6.26. The van der Waals surface area contributed by atoms with Crippen molar-refractivity contribution in [3.05, 3.63) is 23.8 Å². The molecule has 0 saturated carbocycles. The topological polar surface area (TPSA) is 64.7 Å². The summed E-state index contributed by atoms with van der Waals surface area (Å²) in [7, 11) is 3.29. The van der Waals surface area contributed by atoms with Gasteiger partial charge in [0.1, 0.15) is 11.5 Å². The van der Waals surface area contributed by atoms with Crippen LogP contribution in [0.1, 0.15) is 31.2 Å². The summed E-state index contributed by atoms with van der Waals surface area (Å²) in [6.45, 7) is 2.37. The molecule has 0 amide bonds. The second-order valence-corrected chi connectivity index (χ2v) is 4.34. The number of hydrogen-bond acceptors (Lipinski definition) is 4. The lowest BCUT2D eigenvalue weighted by Crippen LogP contribution is -2.22. The maximum atomic E-state index is 9.71. The molecule has 0 aliphatic heterocycles. The van der Waals surface area contributed by atoms with Crippen LogP contribution in [0.15, 0.2) is 18.2 Å². The van der Waals surface area contributed by atoms with Crippen LogP contribution in [0.25, 0.3) is 0 Å². The van der Waals surface area contributed by atoms with Crippen LogP contribution in [0.5, 0.6) is 11.5 Å². The molecule has 0 spiro atoms. The van der Waals surface area contributed by atoms with Gasteiger partial charge in [0, 0.05) is 12.1 Å². The Labute approximate surface area is 109 Å². The van der Waals surface area contributed by atoms with Crippen LogP contribution < -0.4 is 15.2 Å². The fourth-order valence-electron chi connectivity index (χ4n) is 2.10. The third-order valence-corrected chi connectivity index (χ3v) is 3.20. The Hall–Kier alpha value is -1.26. The molecule has 0 radical (unpaired) electrons. The second kappa shape index (κ2) is 7.24. The van der Waals surface area contributed by atoms with Crippen LogP contribution in [-0.2, 0) is 0 Å². The first-order valence-corrected chi connectivity index (χ1v) is 6.26. The number of methoxy groups -OCH3 is 2. The fraction of sp³-hybridized carbons (Fsp3) is 0.571. The van der Waals surface area contributed by atoms with Crippen molar-refractivity contribution in [2.24, 2.45) is 5.73 Å². The first kappa shape index (κ1) is 14.8. The first-order chi connectivity index (χ1) is 8.65. The normalized spacial score (nSPS) is 14.1. The van der Waals surface area contributed by atoms with Crippen molar-refractivity contribution in [3.8, 4) is 11.5 Å². The van der Waals surface area contributed by atoms with E-state index >= 15 is 0 Å². The Morgan fingerprint density at radius 1 is 1.28 bits per heavy atom. The zero-order valence-electron chi connectivity index (χ0n) is 11.3. The highest BCUT2D eigenvalue weighted by molar-refractivity contribution is 5.42. The average Bonchev–Trinajstić information content (AvgIpc) is 2.43. The number of ether oxygens (including phenoxy) is 2. The van der Waals surface area contributed by atoms with Crippen LogP contribution >= 0.6 is 0 Å². The molecule has 0 aromatic heterocycles. The molecule has 0 fully saturated rings. The maximum Gasteiger partial charge on any atom is 0.122 e. The van der Waals surface area contributed by atoms with E-state index in [0.717, 1.165) is 23.5 Å². The smallest absolute Gasteiger partial charge is 0.122 e. The molecule has 102 valence electrons. The number of hydrogen-bond donors (Lipinski definition) is 2. The number of aliphatic hydroxyl groups is 1. The molecule has 1 aromatic carbocycles. The van der Waals surface area contributed by atoms with Crippen LogP contribution in [0.2, 0.25) is 0 Å². The minimum atomic E-state index is -0.481. The van der Waals surface area contributed by atoms with E-state index in [4.69, 9.17) is 15.2 Å². The van der Waals surface area contributed by atoms with Gasteiger partial charge < -0.3 is 20.3 Å². The zero-order chi connectivity index (χ0) is 13.5. The predicted octanol–water partition coefficient (Wildman–Crippen LogP) is 1.91. The lowest BCUT2D eigenvalue weighted by Gasteiger charge is -2.21. The third-order valence-electron chi connectivity index (χ3n) is 3.20. The molecule has 4 heteroatoms. The fourth-order valence-corrected chi connectivity index (χ4v) is 2.10. The van der Waals surface area contributed by atoms with E-state index in [9.17, 15) is 5.11 Å². The quantitative estimate of drug-likeness (QED) is 0.779. The van der Waals surface area contributed by atoms with Crippen molar-refractivity contribution in [2.45, 2.75) is 31.8 Å². The van der Waals surface area contributed by atoms with Gasteiger partial charge in [-0.3, -0.25) is 0 Å². The molecular weight excluding hydrogens is 230 g/mol. The molecule has 0 aliphatic rings. The van der Waals surface area contributed by atoms with E-state index in [-0.39, 0.29) is 12.5 Å². The van der Waals surface area contributed by atoms with Crippen molar-refractivity contribution in [1.29, 1.82) is 0 Å². The lowest BCUT2D eigenvalue weighted by molar-refractivity contribution is 0.161. The molecule has 1 aromatic rings. The van der Waals surface area contributed by atoms with E-state index in [0.29, 0.717) is 6.42 Å². The molecule has 0 saturated heterocycles. The molecule has 4 nitrogen and oxygen atoms in total. The number of aliphatic hydroxyl groups excluding tert-OH is 1. The Morgan fingerprint density at radius 2 is 2.00 bits per heavy atom. The summed E-state index contributed by atoms with van der Waals surface area (Å²) >= 11 is 0. The highest BCUT2D eigenvalue weighted by Crippen LogP contribution is 2.34. The van der Waals surface area contributed by atoms with Crippen molar-refractivity contribution in [2.75, 3.05) is 20.8 Å². The summed E-state index contributed by atoms with van der Waals surface area (Å²) in [4.78, 5) is 0. The Bertz CT molecular complexity index is 368. The van der Waals surface area contributed by atoms with Gasteiger partial charge >= 0.3 is 0 Å². The number of rotatable bonds is 7. The molecule has 18 heavy (non-hydrogen) atoms. The monoisotopic (exact) mass is 253 g/mol. The molecule has 0 aliphatic carbocycles. The molecule has 0 heterocycles.